The van der Waals surface area contributed by atoms with Crippen LogP contribution >= 0.6 is 0 Å². The number of nitrogens with zero attached hydrogens (tertiary/aromatic N) is 5. The molecule has 130 valence electrons. The van der Waals surface area contributed by atoms with Gasteiger partial charge in [0, 0.05) is 18.2 Å². The number of carboxylic acids is 1. The Morgan fingerprint density at radius 1 is 1.44 bits per heavy atom. The molecule has 0 unspecified atom stereocenters. The van der Waals surface area contributed by atoms with E-state index < -0.39 is 23.3 Å². The van der Waals surface area contributed by atoms with Gasteiger partial charge >= 0.3 is 5.97 Å². The lowest BCUT2D eigenvalue weighted by atomic mass is 10.2. The summed E-state index contributed by atoms with van der Waals surface area (Å²) in [5, 5.41) is 27.7. The Balaban J connectivity index is 1.93. The van der Waals surface area contributed by atoms with Crippen molar-refractivity contribution in [1.29, 1.82) is 0 Å². The fourth-order valence-electron chi connectivity index (χ4n) is 2.55. The van der Waals surface area contributed by atoms with E-state index in [9.17, 15) is 19.7 Å². The van der Waals surface area contributed by atoms with Crippen LogP contribution in [-0.2, 0) is 4.79 Å². The van der Waals surface area contributed by atoms with Crippen LogP contribution in [0.5, 0.6) is 0 Å². The van der Waals surface area contributed by atoms with Gasteiger partial charge in [0.05, 0.1) is 16.3 Å². The predicted molar refractivity (Wildman–Crippen MR) is 84.4 cm³/mol. The van der Waals surface area contributed by atoms with E-state index in [2.05, 4.69) is 10.3 Å². The molecule has 10 heteroatoms. The minimum Gasteiger partial charge on any atom is -0.480 e. The zero-order chi connectivity index (χ0) is 18.1. The lowest BCUT2D eigenvalue weighted by molar-refractivity contribution is -0.384. The van der Waals surface area contributed by atoms with Crippen molar-refractivity contribution >= 4 is 17.6 Å². The number of rotatable bonds is 6. The van der Waals surface area contributed by atoms with Crippen LogP contribution in [0.3, 0.4) is 0 Å². The second-order valence-electron chi connectivity index (χ2n) is 5.77. The molecule has 0 atom stereocenters. The van der Waals surface area contributed by atoms with Crippen LogP contribution in [0.2, 0.25) is 0 Å². The zero-order valence-corrected chi connectivity index (χ0v) is 13.3. The monoisotopic (exact) mass is 345 g/mol. The molecule has 0 spiro atoms. The SMILES string of the molecule is Cc1c(C(=O)N(CC(=O)O)C2CC2)nnn1-c1cccc([N+](=O)[O-])c1. The van der Waals surface area contributed by atoms with E-state index in [1.807, 2.05) is 0 Å². The molecule has 1 fully saturated rings. The van der Waals surface area contributed by atoms with Crippen LogP contribution in [0.4, 0.5) is 5.69 Å². The van der Waals surface area contributed by atoms with Gasteiger partial charge in [0.15, 0.2) is 5.69 Å². The second-order valence-corrected chi connectivity index (χ2v) is 5.77. The summed E-state index contributed by atoms with van der Waals surface area (Å²) in [5.41, 5.74) is 0.724. The Labute approximate surface area is 141 Å². The molecule has 1 aromatic carbocycles. The van der Waals surface area contributed by atoms with Crippen molar-refractivity contribution in [3.63, 3.8) is 0 Å². The maximum absolute atomic E-state index is 12.6. The number of hydrogen-bond donors (Lipinski definition) is 1. The van der Waals surface area contributed by atoms with Crippen molar-refractivity contribution in [3.8, 4) is 5.69 Å². The van der Waals surface area contributed by atoms with Gasteiger partial charge < -0.3 is 10.0 Å². The van der Waals surface area contributed by atoms with Crippen molar-refractivity contribution in [1.82, 2.24) is 19.9 Å². The van der Waals surface area contributed by atoms with Crippen LogP contribution in [0.15, 0.2) is 24.3 Å². The molecule has 1 aliphatic carbocycles. The normalized spacial score (nSPS) is 13.5. The lowest BCUT2D eigenvalue weighted by Gasteiger charge is -2.19. The lowest BCUT2D eigenvalue weighted by Crippen LogP contribution is -2.38. The summed E-state index contributed by atoms with van der Waals surface area (Å²) in [6.45, 7) is 1.21. The molecule has 0 radical (unpaired) electrons. The number of carbonyl (C=O) groups is 2. The van der Waals surface area contributed by atoms with Crippen molar-refractivity contribution in [2.24, 2.45) is 0 Å². The van der Waals surface area contributed by atoms with E-state index >= 15 is 0 Å². The molecule has 0 aliphatic heterocycles. The minimum atomic E-state index is -1.09. The van der Waals surface area contributed by atoms with Gasteiger partial charge in [-0.1, -0.05) is 11.3 Å². The quantitative estimate of drug-likeness (QED) is 0.614. The topological polar surface area (TPSA) is 131 Å². The van der Waals surface area contributed by atoms with Gasteiger partial charge in [-0.3, -0.25) is 19.7 Å². The van der Waals surface area contributed by atoms with Gasteiger partial charge in [0.1, 0.15) is 6.54 Å². The molecule has 1 aromatic heterocycles. The van der Waals surface area contributed by atoms with Gasteiger partial charge in [-0.15, -0.1) is 5.10 Å². The van der Waals surface area contributed by atoms with Crippen LogP contribution in [-0.4, -0.2) is 54.4 Å². The highest BCUT2D eigenvalue weighted by atomic mass is 16.6. The Kier molecular flexibility index (Phi) is 4.17. The number of benzene rings is 1. The van der Waals surface area contributed by atoms with Gasteiger partial charge in [-0.05, 0) is 25.8 Å². The molecule has 2 aromatic rings. The van der Waals surface area contributed by atoms with Gasteiger partial charge in [-0.25, -0.2) is 4.68 Å². The number of aliphatic carboxylic acids is 1. The molecule has 25 heavy (non-hydrogen) atoms. The van der Waals surface area contributed by atoms with E-state index in [0.717, 1.165) is 12.8 Å². The molecule has 1 aliphatic rings. The standard InChI is InChI=1S/C15H15N5O5/c1-9-14(15(23)18(8-13(21)22)10-5-6-10)16-17-19(9)11-3-2-4-12(7-11)20(24)25/h2-4,7,10H,5-6,8H2,1H3,(H,21,22). The van der Waals surface area contributed by atoms with E-state index in [-0.39, 0.29) is 17.4 Å². The summed E-state index contributed by atoms with van der Waals surface area (Å²) in [6.07, 6.45) is 1.52. The highest BCUT2D eigenvalue weighted by Crippen LogP contribution is 2.28. The van der Waals surface area contributed by atoms with Crippen molar-refractivity contribution in [2.45, 2.75) is 25.8 Å². The molecule has 1 saturated carbocycles. The van der Waals surface area contributed by atoms with Gasteiger partial charge in [-0.2, -0.15) is 0 Å². The summed E-state index contributed by atoms with van der Waals surface area (Å²) in [7, 11) is 0. The average Bonchev–Trinajstić information content (AvgIpc) is 3.34. The molecule has 1 N–H and O–H groups in total. The number of nitro benzene ring substituents is 1. The first kappa shape index (κ1) is 16.6. The van der Waals surface area contributed by atoms with Crippen molar-refractivity contribution < 1.29 is 19.6 Å². The molecular formula is C15H15N5O5. The third-order valence-corrected chi connectivity index (χ3v) is 3.94. The summed E-state index contributed by atoms with van der Waals surface area (Å²) < 4.78 is 1.33. The first-order chi connectivity index (χ1) is 11.9. The number of nitro groups is 1. The van der Waals surface area contributed by atoms with Crippen molar-refractivity contribution in [2.75, 3.05) is 6.54 Å². The largest absolute Gasteiger partial charge is 0.480 e. The number of non-ortho nitro benzene ring substituents is 1. The van der Waals surface area contributed by atoms with E-state index in [0.29, 0.717) is 11.4 Å². The van der Waals surface area contributed by atoms with E-state index in [4.69, 9.17) is 5.11 Å². The highest BCUT2D eigenvalue weighted by molar-refractivity contribution is 5.95. The Morgan fingerprint density at radius 2 is 2.16 bits per heavy atom. The van der Waals surface area contributed by atoms with Crippen LogP contribution in [0.1, 0.15) is 29.0 Å². The predicted octanol–water partition coefficient (Wildman–Crippen LogP) is 1.17. The number of carbonyl (C=O) groups excluding carboxylic acids is 1. The molecule has 3 rings (SSSR count). The number of carboxylic acid groups (broad SMARTS) is 1. The highest BCUT2D eigenvalue weighted by Gasteiger charge is 2.36. The third-order valence-electron chi connectivity index (χ3n) is 3.94. The number of aromatic nitrogens is 3. The van der Waals surface area contributed by atoms with E-state index in [1.165, 1.54) is 27.8 Å². The second kappa shape index (κ2) is 6.30. The Hall–Kier alpha value is -3.30. The molecule has 0 saturated heterocycles. The first-order valence-electron chi connectivity index (χ1n) is 7.58. The summed E-state index contributed by atoms with van der Waals surface area (Å²) in [6, 6.07) is 5.71. The zero-order valence-electron chi connectivity index (χ0n) is 13.3. The van der Waals surface area contributed by atoms with E-state index in [1.54, 1.807) is 13.0 Å². The van der Waals surface area contributed by atoms with Crippen molar-refractivity contribution in [3.05, 3.63) is 45.8 Å². The summed E-state index contributed by atoms with van der Waals surface area (Å²) in [4.78, 5) is 35.3. The number of amides is 1. The number of hydrogen-bond acceptors (Lipinski definition) is 6. The fraction of sp³-hybridized carbons (Fsp3) is 0.333. The smallest absolute Gasteiger partial charge is 0.323 e. The fourth-order valence-corrected chi connectivity index (χ4v) is 2.55. The molecule has 1 amide bonds. The average molecular weight is 345 g/mol. The van der Waals surface area contributed by atoms with Crippen LogP contribution in [0.25, 0.3) is 5.69 Å². The summed E-state index contributed by atoms with van der Waals surface area (Å²) >= 11 is 0. The Bertz CT molecular complexity index is 858. The molecule has 10 nitrogen and oxygen atoms in total. The van der Waals surface area contributed by atoms with Crippen LogP contribution in [0, 0.1) is 17.0 Å². The molecule has 1 heterocycles. The first-order valence-corrected chi connectivity index (χ1v) is 7.58. The maximum atomic E-state index is 12.6. The minimum absolute atomic E-state index is 0.0413. The molecular weight excluding hydrogens is 330 g/mol. The van der Waals surface area contributed by atoms with Crippen LogP contribution < -0.4 is 0 Å². The third kappa shape index (κ3) is 3.32. The molecule has 0 bridgehead atoms. The summed E-state index contributed by atoms with van der Waals surface area (Å²) in [5.74, 6) is -1.59. The van der Waals surface area contributed by atoms with Gasteiger partial charge in [0.25, 0.3) is 11.6 Å². The maximum Gasteiger partial charge on any atom is 0.323 e. The Morgan fingerprint density at radius 3 is 2.76 bits per heavy atom. The van der Waals surface area contributed by atoms with Gasteiger partial charge in [0.2, 0.25) is 0 Å².